The molecule has 0 aliphatic heterocycles. The van der Waals surface area contributed by atoms with Crippen molar-refractivity contribution in [1.82, 2.24) is 9.97 Å². The molecule has 0 unspecified atom stereocenters. The lowest BCUT2D eigenvalue weighted by Gasteiger charge is -2.10. The second-order valence-electron chi connectivity index (χ2n) is 3.56. The maximum absolute atomic E-state index is 11.0. The number of hydrogen-bond acceptors (Lipinski definition) is 6. The molecule has 20 heavy (non-hydrogen) atoms. The first kappa shape index (κ1) is 14.0. The van der Waals surface area contributed by atoms with Gasteiger partial charge in [0, 0.05) is 0 Å². The quantitative estimate of drug-likeness (QED) is 0.478. The van der Waals surface area contributed by atoms with E-state index >= 15 is 0 Å². The van der Waals surface area contributed by atoms with Crippen molar-refractivity contribution in [2.45, 2.75) is 6.92 Å². The Morgan fingerprint density at radius 1 is 1.30 bits per heavy atom. The SMILES string of the molecule is CCOc1ccccc1Oc1ncnc(Cl)c1[N+](=O)[O-]. The van der Waals surface area contributed by atoms with Gasteiger partial charge in [-0.05, 0) is 19.1 Å². The van der Waals surface area contributed by atoms with Crippen molar-refractivity contribution in [3.63, 3.8) is 0 Å². The number of aromatic nitrogens is 2. The molecule has 0 fully saturated rings. The Kier molecular flexibility index (Phi) is 4.31. The molecule has 0 bridgehead atoms. The Labute approximate surface area is 119 Å². The zero-order valence-electron chi connectivity index (χ0n) is 10.4. The van der Waals surface area contributed by atoms with Crippen LogP contribution < -0.4 is 9.47 Å². The molecule has 0 N–H and O–H groups in total. The van der Waals surface area contributed by atoms with Gasteiger partial charge in [0.15, 0.2) is 11.5 Å². The number of hydrogen-bond donors (Lipinski definition) is 0. The molecule has 1 aromatic heterocycles. The molecule has 1 heterocycles. The highest BCUT2D eigenvalue weighted by molar-refractivity contribution is 6.31. The molecule has 7 nitrogen and oxygen atoms in total. The topological polar surface area (TPSA) is 87.4 Å². The zero-order chi connectivity index (χ0) is 14.5. The summed E-state index contributed by atoms with van der Waals surface area (Å²) in [5, 5.41) is 10.7. The van der Waals surface area contributed by atoms with Gasteiger partial charge in [0.05, 0.1) is 11.5 Å². The monoisotopic (exact) mass is 295 g/mol. The number of rotatable bonds is 5. The minimum Gasteiger partial charge on any atom is -0.490 e. The van der Waals surface area contributed by atoms with Gasteiger partial charge in [-0.3, -0.25) is 10.1 Å². The van der Waals surface area contributed by atoms with Gasteiger partial charge in [-0.1, -0.05) is 23.7 Å². The number of benzene rings is 1. The van der Waals surface area contributed by atoms with E-state index in [0.29, 0.717) is 18.1 Å². The Bertz CT molecular complexity index is 636. The second-order valence-corrected chi connectivity index (χ2v) is 3.92. The van der Waals surface area contributed by atoms with Crippen LogP contribution in [0.15, 0.2) is 30.6 Å². The molecule has 0 aliphatic rings. The lowest BCUT2D eigenvalue weighted by molar-refractivity contribution is -0.386. The summed E-state index contributed by atoms with van der Waals surface area (Å²) in [6.45, 7) is 2.26. The summed E-state index contributed by atoms with van der Waals surface area (Å²) in [6.07, 6.45) is 1.09. The molecule has 0 saturated carbocycles. The van der Waals surface area contributed by atoms with Crippen molar-refractivity contribution in [2.75, 3.05) is 6.61 Å². The van der Waals surface area contributed by atoms with Crippen LogP contribution in [-0.4, -0.2) is 21.5 Å². The molecule has 0 spiro atoms. The van der Waals surface area contributed by atoms with Crippen LogP contribution in [0.1, 0.15) is 6.92 Å². The Morgan fingerprint density at radius 2 is 2.00 bits per heavy atom. The molecule has 0 saturated heterocycles. The smallest absolute Gasteiger partial charge is 0.368 e. The fourth-order valence-corrected chi connectivity index (χ4v) is 1.68. The van der Waals surface area contributed by atoms with E-state index in [9.17, 15) is 10.1 Å². The highest BCUT2D eigenvalue weighted by Gasteiger charge is 2.24. The molecule has 0 aliphatic carbocycles. The highest BCUT2D eigenvalue weighted by atomic mass is 35.5. The van der Waals surface area contributed by atoms with Gasteiger partial charge >= 0.3 is 11.6 Å². The lowest BCUT2D eigenvalue weighted by Crippen LogP contribution is -2.00. The Hall–Kier alpha value is -2.41. The van der Waals surface area contributed by atoms with Crippen molar-refractivity contribution < 1.29 is 14.4 Å². The summed E-state index contributed by atoms with van der Waals surface area (Å²) in [7, 11) is 0. The van der Waals surface area contributed by atoms with E-state index in [0.717, 1.165) is 6.33 Å². The van der Waals surface area contributed by atoms with E-state index in [-0.39, 0.29) is 11.0 Å². The Balaban J connectivity index is 2.40. The molecular formula is C12H10ClN3O4. The predicted octanol–water partition coefficient (Wildman–Crippen LogP) is 3.23. The molecule has 2 aromatic rings. The summed E-state index contributed by atoms with van der Waals surface area (Å²) < 4.78 is 10.8. The van der Waals surface area contributed by atoms with E-state index < -0.39 is 10.6 Å². The van der Waals surface area contributed by atoms with Crippen LogP contribution in [0.25, 0.3) is 0 Å². The van der Waals surface area contributed by atoms with Crippen LogP contribution in [0.5, 0.6) is 17.4 Å². The fraction of sp³-hybridized carbons (Fsp3) is 0.167. The largest absolute Gasteiger partial charge is 0.490 e. The molecule has 2 rings (SSSR count). The summed E-state index contributed by atoms with van der Waals surface area (Å²) in [4.78, 5) is 17.6. The lowest BCUT2D eigenvalue weighted by atomic mass is 10.3. The number of halogens is 1. The first-order valence-corrected chi connectivity index (χ1v) is 6.05. The van der Waals surface area contributed by atoms with Crippen LogP contribution in [0.2, 0.25) is 5.15 Å². The van der Waals surface area contributed by atoms with Crippen LogP contribution in [-0.2, 0) is 0 Å². The van der Waals surface area contributed by atoms with Gasteiger partial charge in [0.1, 0.15) is 6.33 Å². The molecule has 8 heteroatoms. The first-order valence-electron chi connectivity index (χ1n) is 5.68. The van der Waals surface area contributed by atoms with Crippen LogP contribution in [0.3, 0.4) is 0 Å². The molecule has 104 valence electrons. The van der Waals surface area contributed by atoms with Gasteiger partial charge in [0.2, 0.25) is 5.15 Å². The fourth-order valence-electron chi connectivity index (χ4n) is 1.48. The number of nitro groups is 1. The summed E-state index contributed by atoms with van der Waals surface area (Å²) in [5.41, 5.74) is -0.486. The third kappa shape index (κ3) is 2.94. The summed E-state index contributed by atoms with van der Waals surface area (Å²) in [6, 6.07) is 6.78. The predicted molar refractivity (Wildman–Crippen MR) is 71.4 cm³/mol. The third-order valence-corrected chi connectivity index (χ3v) is 2.56. The van der Waals surface area contributed by atoms with Gasteiger partial charge < -0.3 is 9.47 Å². The van der Waals surface area contributed by atoms with Crippen molar-refractivity contribution >= 4 is 17.3 Å². The minimum absolute atomic E-state index is 0.234. The van der Waals surface area contributed by atoms with E-state index in [2.05, 4.69) is 9.97 Å². The van der Waals surface area contributed by atoms with Crippen molar-refractivity contribution in [3.05, 3.63) is 45.9 Å². The van der Waals surface area contributed by atoms with E-state index in [1.807, 2.05) is 6.92 Å². The van der Waals surface area contributed by atoms with E-state index in [1.165, 1.54) is 0 Å². The van der Waals surface area contributed by atoms with Crippen LogP contribution in [0.4, 0.5) is 5.69 Å². The average molecular weight is 296 g/mol. The average Bonchev–Trinajstić information content (AvgIpc) is 2.41. The summed E-state index contributed by atoms with van der Waals surface area (Å²) >= 11 is 5.69. The highest BCUT2D eigenvalue weighted by Crippen LogP contribution is 2.36. The molecule has 0 atom stereocenters. The number of nitrogens with zero attached hydrogens (tertiary/aromatic N) is 3. The number of para-hydroxylation sites is 2. The molecule has 0 radical (unpaired) electrons. The van der Waals surface area contributed by atoms with Gasteiger partial charge in [-0.2, -0.15) is 4.98 Å². The van der Waals surface area contributed by atoms with Gasteiger partial charge in [0.25, 0.3) is 0 Å². The van der Waals surface area contributed by atoms with Crippen molar-refractivity contribution in [3.8, 4) is 17.4 Å². The molecule has 0 amide bonds. The standard InChI is InChI=1S/C12H10ClN3O4/c1-2-19-8-5-3-4-6-9(8)20-12-10(16(17)18)11(13)14-7-15-12/h3-7H,2H2,1H3. The third-order valence-electron chi connectivity index (χ3n) is 2.28. The van der Waals surface area contributed by atoms with Crippen LogP contribution in [0, 0.1) is 10.1 Å². The second kappa shape index (κ2) is 6.16. The van der Waals surface area contributed by atoms with E-state index in [4.69, 9.17) is 21.1 Å². The normalized spacial score (nSPS) is 10.1. The maximum atomic E-state index is 11.0. The summed E-state index contributed by atoms with van der Waals surface area (Å²) in [5.74, 6) is 0.536. The van der Waals surface area contributed by atoms with E-state index in [1.54, 1.807) is 24.3 Å². The van der Waals surface area contributed by atoms with Gasteiger partial charge in [-0.15, -0.1) is 0 Å². The molecule has 1 aromatic carbocycles. The number of ether oxygens (including phenoxy) is 2. The minimum atomic E-state index is -0.693. The maximum Gasteiger partial charge on any atom is 0.368 e. The first-order chi connectivity index (χ1) is 9.63. The van der Waals surface area contributed by atoms with Crippen molar-refractivity contribution in [2.24, 2.45) is 0 Å². The van der Waals surface area contributed by atoms with Gasteiger partial charge in [-0.25, -0.2) is 4.98 Å². The molecular weight excluding hydrogens is 286 g/mol. The van der Waals surface area contributed by atoms with Crippen LogP contribution >= 0.6 is 11.6 Å². The zero-order valence-corrected chi connectivity index (χ0v) is 11.2. The van der Waals surface area contributed by atoms with Crippen molar-refractivity contribution in [1.29, 1.82) is 0 Å². The Morgan fingerprint density at radius 3 is 2.65 bits per heavy atom.